The number of fused-ring (bicyclic) bond motifs is 1. The van der Waals surface area contributed by atoms with Gasteiger partial charge in [-0.2, -0.15) is 29.8 Å². The van der Waals surface area contributed by atoms with Gasteiger partial charge in [-0.1, -0.05) is 0 Å². The zero-order chi connectivity index (χ0) is 20.7. The Hall–Kier alpha value is -2.64. The molecule has 0 saturated heterocycles. The van der Waals surface area contributed by atoms with E-state index in [9.17, 15) is 21.0 Å². The largest absolute Gasteiger partial charge is 0.192 e. The molecule has 0 amide bonds. The van der Waals surface area contributed by atoms with Crippen molar-refractivity contribution >= 4 is 77.3 Å². The molecule has 0 fully saturated rings. The first kappa shape index (κ1) is 19.7. The molecule has 0 saturated carbocycles. The lowest BCUT2D eigenvalue weighted by Gasteiger charge is -2.09. The number of hydrogen-bond donors (Lipinski definition) is 0. The van der Waals surface area contributed by atoms with Crippen LogP contribution in [0.25, 0.3) is 31.9 Å². The highest BCUT2D eigenvalue weighted by atomic mass is 79.9. The molecule has 136 valence electrons. The molecule has 6 nitrogen and oxygen atoms in total. The predicted octanol–water partition coefficient (Wildman–Crippen LogP) is 6.16. The lowest BCUT2D eigenvalue weighted by Crippen LogP contribution is -1.95. The van der Waals surface area contributed by atoms with Crippen LogP contribution in [-0.4, -0.2) is 8.75 Å². The molecular formula is C18H2Br2N6S3. The van der Waals surface area contributed by atoms with Crippen LogP contribution >= 0.6 is 66.3 Å². The number of thiophene rings is 2. The number of hydrogen-bond acceptors (Lipinski definition) is 9. The maximum absolute atomic E-state index is 9.92. The van der Waals surface area contributed by atoms with E-state index < -0.39 is 0 Å². The topological polar surface area (TPSA) is 121 Å². The fourth-order valence-electron chi connectivity index (χ4n) is 2.84. The average molecular weight is 558 g/mol. The number of nitrogens with zero attached hydrogens (tertiary/aromatic N) is 6. The van der Waals surface area contributed by atoms with Crippen molar-refractivity contribution in [2.75, 3.05) is 0 Å². The molecule has 0 N–H and O–H groups in total. The molecule has 0 unspecified atom stereocenters. The van der Waals surface area contributed by atoms with E-state index in [1.165, 1.54) is 22.7 Å². The van der Waals surface area contributed by atoms with E-state index in [4.69, 9.17) is 0 Å². The van der Waals surface area contributed by atoms with E-state index >= 15 is 0 Å². The zero-order valence-corrected chi connectivity index (χ0v) is 19.4. The third-order valence-corrected chi connectivity index (χ3v) is 8.28. The first-order valence-electron chi connectivity index (χ1n) is 7.56. The van der Waals surface area contributed by atoms with Crippen LogP contribution in [0.5, 0.6) is 0 Å². The van der Waals surface area contributed by atoms with Crippen LogP contribution in [0.3, 0.4) is 0 Å². The standard InChI is InChI=1S/C18H2Br2N6S3/c19-17-7(3-21)1-11(27-17)13-9(5-23)10(6-24)14(16-15(13)25-29-26-16)12-2-8(4-22)18(20)28-12/h1-2H. The van der Waals surface area contributed by atoms with E-state index in [1.807, 2.05) is 0 Å². The average Bonchev–Trinajstić information content (AvgIpc) is 3.43. The van der Waals surface area contributed by atoms with Crippen LogP contribution in [0, 0.1) is 45.3 Å². The Morgan fingerprint density at radius 2 is 1.10 bits per heavy atom. The van der Waals surface area contributed by atoms with Crippen molar-refractivity contribution in [3.05, 3.63) is 42.0 Å². The Labute approximate surface area is 193 Å². The SMILES string of the molecule is N#Cc1cc(-c2c(C#N)c(C#N)c(-c3cc(C#N)c(Br)s3)c3nsnc23)sc1Br. The van der Waals surface area contributed by atoms with Crippen molar-refractivity contribution < 1.29 is 0 Å². The van der Waals surface area contributed by atoms with Crippen molar-refractivity contribution in [3.8, 4) is 45.2 Å². The van der Waals surface area contributed by atoms with Gasteiger partial charge in [0, 0.05) is 20.9 Å². The molecule has 0 spiro atoms. The maximum atomic E-state index is 9.92. The van der Waals surface area contributed by atoms with Gasteiger partial charge in [0.2, 0.25) is 0 Å². The highest BCUT2D eigenvalue weighted by Gasteiger charge is 2.27. The number of rotatable bonds is 2. The number of halogens is 2. The molecule has 0 atom stereocenters. The summed E-state index contributed by atoms with van der Waals surface area (Å²) in [5.41, 5.74) is 3.17. The van der Waals surface area contributed by atoms with Crippen LogP contribution in [0.15, 0.2) is 19.7 Å². The lowest BCUT2D eigenvalue weighted by molar-refractivity contribution is 1.44. The molecule has 11 heteroatoms. The van der Waals surface area contributed by atoms with Crippen molar-refractivity contribution in [1.29, 1.82) is 21.0 Å². The van der Waals surface area contributed by atoms with Crippen molar-refractivity contribution in [3.63, 3.8) is 0 Å². The molecule has 4 rings (SSSR count). The summed E-state index contributed by atoms with van der Waals surface area (Å²) in [6.07, 6.45) is 0. The maximum Gasteiger partial charge on any atom is 0.115 e. The minimum absolute atomic E-state index is 0.170. The molecule has 1 aromatic carbocycles. The Balaban J connectivity index is 2.16. The highest BCUT2D eigenvalue weighted by molar-refractivity contribution is 9.11. The van der Waals surface area contributed by atoms with Gasteiger partial charge < -0.3 is 0 Å². The monoisotopic (exact) mass is 556 g/mol. The van der Waals surface area contributed by atoms with E-state index in [0.717, 1.165) is 11.7 Å². The third-order valence-electron chi connectivity index (χ3n) is 4.04. The van der Waals surface area contributed by atoms with Gasteiger partial charge in [-0.25, -0.2) is 0 Å². The lowest BCUT2D eigenvalue weighted by atomic mass is 9.93. The van der Waals surface area contributed by atoms with Crippen LogP contribution in [0.2, 0.25) is 0 Å². The first-order valence-corrected chi connectivity index (χ1v) is 11.5. The number of benzene rings is 1. The molecule has 0 aliphatic heterocycles. The molecule has 0 radical (unpaired) electrons. The predicted molar refractivity (Wildman–Crippen MR) is 118 cm³/mol. The summed E-state index contributed by atoms with van der Waals surface area (Å²) in [7, 11) is 0. The van der Waals surface area contributed by atoms with Crippen molar-refractivity contribution in [2.24, 2.45) is 0 Å². The highest BCUT2D eigenvalue weighted by Crippen LogP contribution is 2.46. The van der Waals surface area contributed by atoms with E-state index in [-0.39, 0.29) is 11.1 Å². The second-order valence-electron chi connectivity index (χ2n) is 5.50. The smallest absolute Gasteiger partial charge is 0.115 e. The molecule has 4 aromatic rings. The molecule has 0 bridgehead atoms. The van der Waals surface area contributed by atoms with Crippen molar-refractivity contribution in [1.82, 2.24) is 8.75 Å². The Kier molecular flexibility index (Phi) is 5.19. The van der Waals surface area contributed by atoms with Gasteiger partial charge in [-0.3, -0.25) is 0 Å². The van der Waals surface area contributed by atoms with Gasteiger partial charge in [-0.15, -0.1) is 22.7 Å². The zero-order valence-electron chi connectivity index (χ0n) is 13.8. The van der Waals surface area contributed by atoms with Crippen LogP contribution in [0.4, 0.5) is 0 Å². The van der Waals surface area contributed by atoms with Crippen LogP contribution in [0.1, 0.15) is 22.3 Å². The molecule has 3 aromatic heterocycles. The molecule has 0 aliphatic carbocycles. The second kappa shape index (κ2) is 7.65. The number of aromatic nitrogens is 2. The normalized spacial score (nSPS) is 10.3. The first-order chi connectivity index (χ1) is 14.0. The van der Waals surface area contributed by atoms with Gasteiger partial charge in [0.1, 0.15) is 35.3 Å². The minimum Gasteiger partial charge on any atom is -0.192 e. The van der Waals surface area contributed by atoms with Gasteiger partial charge in [-0.05, 0) is 44.0 Å². The summed E-state index contributed by atoms with van der Waals surface area (Å²) < 4.78 is 10.0. The summed E-state index contributed by atoms with van der Waals surface area (Å²) in [4.78, 5) is 1.30. The summed E-state index contributed by atoms with van der Waals surface area (Å²) in [5, 5.41) is 38.4. The number of nitriles is 4. The van der Waals surface area contributed by atoms with Crippen LogP contribution in [-0.2, 0) is 0 Å². The summed E-state index contributed by atoms with van der Waals surface area (Å²) in [6, 6.07) is 11.8. The Bertz CT molecular complexity index is 1370. The Morgan fingerprint density at radius 3 is 1.41 bits per heavy atom. The van der Waals surface area contributed by atoms with E-state index in [1.54, 1.807) is 12.1 Å². The van der Waals surface area contributed by atoms with Gasteiger partial charge in [0.15, 0.2) is 0 Å². The third kappa shape index (κ3) is 3.05. The summed E-state index contributed by atoms with van der Waals surface area (Å²) in [6.45, 7) is 0. The molecular weight excluding hydrogens is 556 g/mol. The fraction of sp³-hybridized carbons (Fsp3) is 0. The quantitative estimate of drug-likeness (QED) is 0.291. The van der Waals surface area contributed by atoms with E-state index in [0.29, 0.717) is 50.6 Å². The van der Waals surface area contributed by atoms with Gasteiger partial charge >= 0.3 is 0 Å². The van der Waals surface area contributed by atoms with Crippen LogP contribution < -0.4 is 0 Å². The molecule has 29 heavy (non-hydrogen) atoms. The minimum atomic E-state index is 0.170. The summed E-state index contributed by atoms with van der Waals surface area (Å²) in [5.74, 6) is 0. The summed E-state index contributed by atoms with van der Waals surface area (Å²) >= 11 is 10.3. The van der Waals surface area contributed by atoms with Gasteiger partial charge in [0.05, 0.1) is 41.6 Å². The molecule has 3 heterocycles. The fourth-order valence-corrected chi connectivity index (χ4v) is 6.63. The van der Waals surface area contributed by atoms with E-state index in [2.05, 4.69) is 64.9 Å². The second-order valence-corrected chi connectivity index (χ2v) is 10.8. The molecule has 0 aliphatic rings. The Morgan fingerprint density at radius 1 is 0.690 bits per heavy atom. The van der Waals surface area contributed by atoms with Crippen molar-refractivity contribution in [2.45, 2.75) is 0 Å². The van der Waals surface area contributed by atoms with Gasteiger partial charge in [0.25, 0.3) is 0 Å².